The SMILES string of the molecule is CCCCCOC(=O)c1ccc(NC(=O)/C=C/c2ccc(OCCC)cc2)cc1. The molecular weight excluding hydrogens is 366 g/mol. The van der Waals surface area contributed by atoms with Gasteiger partial charge in [-0.05, 0) is 60.9 Å². The zero-order valence-corrected chi connectivity index (χ0v) is 17.1. The molecule has 0 unspecified atom stereocenters. The van der Waals surface area contributed by atoms with E-state index in [1.807, 2.05) is 24.3 Å². The van der Waals surface area contributed by atoms with E-state index in [0.29, 0.717) is 24.5 Å². The lowest BCUT2D eigenvalue weighted by atomic mass is 10.2. The number of benzene rings is 2. The first-order valence-corrected chi connectivity index (χ1v) is 10.1. The summed E-state index contributed by atoms with van der Waals surface area (Å²) in [6, 6.07) is 14.2. The number of unbranched alkanes of at least 4 members (excludes halogenated alkanes) is 2. The summed E-state index contributed by atoms with van der Waals surface area (Å²) in [5.41, 5.74) is 2.00. The number of carbonyl (C=O) groups excluding carboxylic acids is 2. The van der Waals surface area contributed by atoms with Crippen LogP contribution in [0.2, 0.25) is 0 Å². The van der Waals surface area contributed by atoms with E-state index < -0.39 is 0 Å². The van der Waals surface area contributed by atoms with Crippen molar-refractivity contribution in [3.8, 4) is 5.75 Å². The Labute approximate surface area is 172 Å². The van der Waals surface area contributed by atoms with Crippen molar-refractivity contribution in [2.75, 3.05) is 18.5 Å². The second-order valence-corrected chi connectivity index (χ2v) is 6.66. The van der Waals surface area contributed by atoms with Gasteiger partial charge < -0.3 is 14.8 Å². The molecule has 0 saturated heterocycles. The molecule has 5 heteroatoms. The zero-order chi connectivity index (χ0) is 20.9. The molecular formula is C24H29NO4. The van der Waals surface area contributed by atoms with Gasteiger partial charge in [0.1, 0.15) is 5.75 Å². The van der Waals surface area contributed by atoms with E-state index in [2.05, 4.69) is 19.2 Å². The Hall–Kier alpha value is -3.08. The summed E-state index contributed by atoms with van der Waals surface area (Å²) in [6.07, 6.45) is 7.17. The minimum absolute atomic E-state index is 0.244. The van der Waals surface area contributed by atoms with Crippen molar-refractivity contribution in [1.29, 1.82) is 0 Å². The number of ether oxygens (including phenoxy) is 2. The molecule has 1 amide bonds. The molecule has 0 aliphatic heterocycles. The van der Waals surface area contributed by atoms with E-state index in [1.54, 1.807) is 30.3 Å². The van der Waals surface area contributed by atoms with Crippen LogP contribution in [-0.2, 0) is 9.53 Å². The summed E-state index contributed by atoms with van der Waals surface area (Å²) in [5, 5.41) is 2.77. The fraction of sp³-hybridized carbons (Fsp3) is 0.333. The maximum absolute atomic E-state index is 12.1. The van der Waals surface area contributed by atoms with Gasteiger partial charge >= 0.3 is 5.97 Å². The highest BCUT2D eigenvalue weighted by Crippen LogP contribution is 2.14. The van der Waals surface area contributed by atoms with Crippen LogP contribution in [0.1, 0.15) is 55.5 Å². The van der Waals surface area contributed by atoms with Crippen LogP contribution in [0.25, 0.3) is 6.08 Å². The first kappa shape index (κ1) is 22.2. The lowest BCUT2D eigenvalue weighted by Gasteiger charge is -2.06. The number of esters is 1. The van der Waals surface area contributed by atoms with E-state index in [9.17, 15) is 9.59 Å². The predicted molar refractivity (Wildman–Crippen MR) is 116 cm³/mol. The Morgan fingerprint density at radius 1 is 0.897 bits per heavy atom. The molecule has 0 aromatic heterocycles. The number of nitrogens with one attached hydrogen (secondary N) is 1. The molecule has 2 aromatic carbocycles. The van der Waals surface area contributed by atoms with Crippen LogP contribution in [-0.4, -0.2) is 25.1 Å². The maximum atomic E-state index is 12.1. The standard InChI is InChI=1S/C24H29NO4/c1-3-5-6-18-29-24(27)20-10-12-21(13-11-20)25-23(26)16-9-19-7-14-22(15-8-19)28-17-4-2/h7-16H,3-6,17-18H2,1-2H3,(H,25,26)/b16-9+. The number of hydrogen-bond acceptors (Lipinski definition) is 4. The van der Waals surface area contributed by atoms with E-state index in [1.165, 1.54) is 6.08 Å². The molecule has 2 aromatic rings. The minimum Gasteiger partial charge on any atom is -0.494 e. The van der Waals surface area contributed by atoms with Crippen LogP contribution in [0.15, 0.2) is 54.6 Å². The topological polar surface area (TPSA) is 64.6 Å². The van der Waals surface area contributed by atoms with Gasteiger partial charge in [-0.3, -0.25) is 4.79 Å². The van der Waals surface area contributed by atoms with Crippen LogP contribution >= 0.6 is 0 Å². The Morgan fingerprint density at radius 3 is 2.28 bits per heavy atom. The van der Waals surface area contributed by atoms with Crippen LogP contribution in [0.4, 0.5) is 5.69 Å². The molecule has 5 nitrogen and oxygen atoms in total. The third-order valence-corrected chi connectivity index (χ3v) is 4.15. The maximum Gasteiger partial charge on any atom is 0.338 e. The van der Waals surface area contributed by atoms with Crippen LogP contribution in [0.3, 0.4) is 0 Å². The van der Waals surface area contributed by atoms with Gasteiger partial charge in [0.2, 0.25) is 5.91 Å². The number of amides is 1. The van der Waals surface area contributed by atoms with Gasteiger partial charge in [0.25, 0.3) is 0 Å². The summed E-state index contributed by atoms with van der Waals surface area (Å²) in [5.74, 6) is 0.230. The van der Waals surface area contributed by atoms with E-state index >= 15 is 0 Å². The number of anilines is 1. The monoisotopic (exact) mass is 395 g/mol. The molecule has 29 heavy (non-hydrogen) atoms. The fourth-order valence-electron chi connectivity index (χ4n) is 2.54. The van der Waals surface area contributed by atoms with Crippen molar-refractivity contribution in [1.82, 2.24) is 0 Å². The van der Waals surface area contributed by atoms with Gasteiger partial charge in [-0.15, -0.1) is 0 Å². The number of rotatable bonds is 11. The normalized spacial score (nSPS) is 10.7. The molecule has 0 aliphatic carbocycles. The average molecular weight is 395 g/mol. The summed E-state index contributed by atoms with van der Waals surface area (Å²) in [6.45, 7) is 5.28. The number of hydrogen-bond donors (Lipinski definition) is 1. The summed E-state index contributed by atoms with van der Waals surface area (Å²) in [4.78, 5) is 24.1. The first-order valence-electron chi connectivity index (χ1n) is 10.1. The highest BCUT2D eigenvalue weighted by atomic mass is 16.5. The number of carbonyl (C=O) groups is 2. The lowest BCUT2D eigenvalue weighted by Crippen LogP contribution is -2.09. The molecule has 2 rings (SSSR count). The molecule has 0 heterocycles. The van der Waals surface area contributed by atoms with Crippen molar-refractivity contribution in [3.05, 3.63) is 65.7 Å². The molecule has 0 fully saturated rings. The van der Waals surface area contributed by atoms with Gasteiger partial charge in [-0.2, -0.15) is 0 Å². The molecule has 0 aliphatic rings. The fourth-order valence-corrected chi connectivity index (χ4v) is 2.54. The molecule has 0 atom stereocenters. The lowest BCUT2D eigenvalue weighted by molar-refractivity contribution is -0.111. The summed E-state index contributed by atoms with van der Waals surface area (Å²) < 4.78 is 10.8. The molecule has 0 bridgehead atoms. The molecule has 0 radical (unpaired) electrons. The molecule has 0 saturated carbocycles. The summed E-state index contributed by atoms with van der Waals surface area (Å²) >= 11 is 0. The highest BCUT2D eigenvalue weighted by Gasteiger charge is 2.07. The third kappa shape index (κ3) is 8.21. The second-order valence-electron chi connectivity index (χ2n) is 6.66. The van der Waals surface area contributed by atoms with Gasteiger partial charge in [0, 0.05) is 11.8 Å². The second kappa shape index (κ2) is 12.4. The van der Waals surface area contributed by atoms with Crippen molar-refractivity contribution in [2.45, 2.75) is 39.5 Å². The molecule has 1 N–H and O–H groups in total. The first-order chi connectivity index (χ1) is 14.1. The predicted octanol–water partition coefficient (Wildman–Crippen LogP) is 5.47. The van der Waals surface area contributed by atoms with E-state index in [0.717, 1.165) is 37.0 Å². The zero-order valence-electron chi connectivity index (χ0n) is 17.1. The Balaban J connectivity index is 1.82. The Morgan fingerprint density at radius 2 is 1.62 bits per heavy atom. The Bertz CT molecular complexity index is 795. The minimum atomic E-state index is -0.342. The van der Waals surface area contributed by atoms with Gasteiger partial charge in [-0.25, -0.2) is 4.79 Å². The van der Waals surface area contributed by atoms with Crippen LogP contribution in [0, 0.1) is 0 Å². The van der Waals surface area contributed by atoms with Gasteiger partial charge in [0.15, 0.2) is 0 Å². The van der Waals surface area contributed by atoms with Crippen molar-refractivity contribution in [3.63, 3.8) is 0 Å². The van der Waals surface area contributed by atoms with Gasteiger partial charge in [0.05, 0.1) is 18.8 Å². The third-order valence-electron chi connectivity index (χ3n) is 4.15. The average Bonchev–Trinajstić information content (AvgIpc) is 2.75. The van der Waals surface area contributed by atoms with Crippen molar-refractivity contribution < 1.29 is 19.1 Å². The largest absolute Gasteiger partial charge is 0.494 e. The van der Waals surface area contributed by atoms with E-state index in [-0.39, 0.29) is 11.9 Å². The van der Waals surface area contributed by atoms with Crippen LogP contribution in [0.5, 0.6) is 5.75 Å². The van der Waals surface area contributed by atoms with Crippen molar-refractivity contribution >= 4 is 23.6 Å². The van der Waals surface area contributed by atoms with Crippen molar-refractivity contribution in [2.24, 2.45) is 0 Å². The highest BCUT2D eigenvalue weighted by molar-refractivity contribution is 6.02. The molecule has 0 spiro atoms. The van der Waals surface area contributed by atoms with E-state index in [4.69, 9.17) is 9.47 Å². The summed E-state index contributed by atoms with van der Waals surface area (Å²) in [7, 11) is 0. The van der Waals surface area contributed by atoms with Gasteiger partial charge in [-0.1, -0.05) is 38.8 Å². The Kier molecular flexibility index (Phi) is 9.49. The quantitative estimate of drug-likeness (QED) is 0.311. The smallest absolute Gasteiger partial charge is 0.338 e. The molecule has 154 valence electrons. The van der Waals surface area contributed by atoms with Crippen LogP contribution < -0.4 is 10.1 Å².